The second kappa shape index (κ2) is 17.6. The molecule has 14 heteroatoms. The van der Waals surface area contributed by atoms with Gasteiger partial charge in [0.1, 0.15) is 0 Å². The van der Waals surface area contributed by atoms with E-state index in [4.69, 9.17) is 53.4 Å². The number of carbonyl (C=O) groups excluding carboxylic acids is 2. The molecule has 0 aromatic heterocycles. The zero-order valence-corrected chi connectivity index (χ0v) is 30.8. The molecule has 0 bridgehead atoms. The highest BCUT2D eigenvalue weighted by Crippen LogP contribution is 2.43. The summed E-state index contributed by atoms with van der Waals surface area (Å²) in [5.41, 5.74) is 7.49. The van der Waals surface area contributed by atoms with E-state index in [0.29, 0.717) is 70.9 Å². The molecule has 3 aromatic carbocycles. The van der Waals surface area contributed by atoms with Crippen LogP contribution in [0.1, 0.15) is 47.2 Å². The largest absolute Gasteiger partial charge is 0.493 e. The number of nitrogens with two attached hydrogens (primary N) is 1. The average Bonchev–Trinajstić information content (AvgIpc) is 3.59. The number of carbonyl (C=O) groups is 4. The zero-order chi connectivity index (χ0) is 38.1. The second-order valence-electron chi connectivity index (χ2n) is 12.7. The van der Waals surface area contributed by atoms with Crippen molar-refractivity contribution in [1.29, 1.82) is 0 Å². The van der Waals surface area contributed by atoms with E-state index in [1.54, 1.807) is 12.1 Å². The summed E-state index contributed by atoms with van der Waals surface area (Å²) in [5.74, 6) is -1.60. The van der Waals surface area contributed by atoms with Gasteiger partial charge in [0, 0.05) is 36.2 Å². The number of carboxylic acids is 2. The van der Waals surface area contributed by atoms with Crippen LogP contribution in [0.15, 0.2) is 72.8 Å². The third-order valence-corrected chi connectivity index (χ3v) is 10.6. The van der Waals surface area contributed by atoms with Crippen molar-refractivity contribution in [3.63, 3.8) is 0 Å². The monoisotopic (exact) mass is 755 g/mol. The van der Waals surface area contributed by atoms with Crippen LogP contribution in [0.4, 0.5) is 0 Å². The van der Waals surface area contributed by atoms with Gasteiger partial charge in [-0.05, 0) is 80.7 Å². The van der Waals surface area contributed by atoms with Crippen molar-refractivity contribution in [3.05, 3.63) is 99.6 Å². The van der Waals surface area contributed by atoms with Gasteiger partial charge in [-0.1, -0.05) is 59.6 Å². The van der Waals surface area contributed by atoms with Crippen LogP contribution >= 0.6 is 23.2 Å². The molecule has 2 aliphatic rings. The molecule has 0 saturated carbocycles. The molecule has 2 fully saturated rings. The lowest BCUT2D eigenvalue weighted by molar-refractivity contribution is -0.134. The summed E-state index contributed by atoms with van der Waals surface area (Å²) in [5, 5.41) is 16.6. The quantitative estimate of drug-likeness (QED) is 0.203. The fraction of sp³-hybridized carbons (Fsp3) is 0.368. The van der Waals surface area contributed by atoms with Crippen LogP contribution in [0.2, 0.25) is 10.0 Å². The van der Waals surface area contributed by atoms with E-state index in [0.717, 1.165) is 43.6 Å². The number of rotatable bonds is 12. The highest BCUT2D eigenvalue weighted by Gasteiger charge is 2.44. The van der Waals surface area contributed by atoms with E-state index in [9.17, 15) is 19.2 Å². The number of likely N-dealkylation sites (tertiary alicyclic amines) is 2. The first-order valence-electron chi connectivity index (χ1n) is 16.6. The van der Waals surface area contributed by atoms with Crippen LogP contribution in [0, 0.1) is 0 Å². The number of methoxy groups -OCH3 is 3. The van der Waals surface area contributed by atoms with Crippen molar-refractivity contribution in [2.24, 2.45) is 5.73 Å². The fourth-order valence-corrected chi connectivity index (χ4v) is 7.25. The molecule has 2 heterocycles. The minimum atomic E-state index is -1.26. The molecule has 1 unspecified atom stereocenters. The smallest absolute Gasteiger partial charge is 0.328 e. The van der Waals surface area contributed by atoms with Gasteiger partial charge in [0.25, 0.3) is 5.91 Å². The van der Waals surface area contributed by atoms with Crippen molar-refractivity contribution in [1.82, 2.24) is 9.80 Å². The van der Waals surface area contributed by atoms with Crippen LogP contribution in [-0.4, -0.2) is 97.8 Å². The highest BCUT2D eigenvalue weighted by atomic mass is 35.5. The molecule has 2 saturated heterocycles. The highest BCUT2D eigenvalue weighted by molar-refractivity contribution is 6.42. The first-order chi connectivity index (χ1) is 24.8. The lowest BCUT2D eigenvalue weighted by atomic mass is 9.71. The Bertz CT molecular complexity index is 1750. The van der Waals surface area contributed by atoms with Crippen LogP contribution in [0.3, 0.4) is 0 Å². The van der Waals surface area contributed by atoms with Crippen molar-refractivity contribution in [3.8, 4) is 17.2 Å². The Kier molecular flexibility index (Phi) is 13.6. The van der Waals surface area contributed by atoms with Crippen molar-refractivity contribution in [2.45, 2.75) is 36.5 Å². The Morgan fingerprint density at radius 1 is 0.788 bits per heavy atom. The van der Waals surface area contributed by atoms with Crippen LogP contribution < -0.4 is 19.9 Å². The Hall–Kier alpha value is -4.78. The van der Waals surface area contributed by atoms with E-state index in [-0.39, 0.29) is 17.2 Å². The molecule has 278 valence electrons. The van der Waals surface area contributed by atoms with Gasteiger partial charge in [0.15, 0.2) is 11.5 Å². The van der Waals surface area contributed by atoms with Gasteiger partial charge >= 0.3 is 11.9 Å². The van der Waals surface area contributed by atoms with E-state index < -0.39 is 17.4 Å². The lowest BCUT2D eigenvalue weighted by Crippen LogP contribution is -2.50. The molecule has 2 amide bonds. The van der Waals surface area contributed by atoms with E-state index >= 15 is 0 Å². The van der Waals surface area contributed by atoms with Gasteiger partial charge in [-0.2, -0.15) is 0 Å². The normalized spacial score (nSPS) is 18.3. The molecule has 4 N–H and O–H groups in total. The van der Waals surface area contributed by atoms with Gasteiger partial charge in [-0.15, -0.1) is 0 Å². The number of hydrogen-bond donors (Lipinski definition) is 3. The molecule has 0 spiro atoms. The number of primary amides is 1. The average molecular weight is 757 g/mol. The van der Waals surface area contributed by atoms with Crippen molar-refractivity contribution >= 4 is 47.0 Å². The van der Waals surface area contributed by atoms with Crippen LogP contribution in [0.5, 0.6) is 17.2 Å². The fourth-order valence-electron chi connectivity index (χ4n) is 6.95. The van der Waals surface area contributed by atoms with Gasteiger partial charge < -0.3 is 40.0 Å². The summed E-state index contributed by atoms with van der Waals surface area (Å²) in [4.78, 5) is 50.0. The number of nitrogens with zero attached hydrogens (tertiary/aromatic N) is 2. The molecule has 0 aliphatic carbocycles. The SMILES string of the molecule is COc1cc(C(=O)N2CCC(CCN3CCC(C(N)=O)(c4ccccc4)CC3)(c3ccc(Cl)c(Cl)c3)C2)cc(OC)c1OC.O=C(O)C=CC(=O)O. The number of carboxylic acid groups (broad SMARTS) is 2. The molecule has 0 radical (unpaired) electrons. The summed E-state index contributed by atoms with van der Waals surface area (Å²) < 4.78 is 16.4. The summed E-state index contributed by atoms with van der Waals surface area (Å²) in [6.07, 6.45) is 4.02. The van der Waals surface area contributed by atoms with E-state index in [1.165, 1.54) is 21.3 Å². The maximum absolute atomic E-state index is 13.9. The third kappa shape index (κ3) is 9.17. The van der Waals surface area contributed by atoms with E-state index in [2.05, 4.69) is 4.90 Å². The first-order valence-corrected chi connectivity index (χ1v) is 17.3. The molecule has 2 aliphatic heterocycles. The summed E-state index contributed by atoms with van der Waals surface area (Å²) in [7, 11) is 4.60. The minimum absolute atomic E-state index is 0.113. The Morgan fingerprint density at radius 2 is 1.38 bits per heavy atom. The van der Waals surface area contributed by atoms with Crippen LogP contribution in [0.25, 0.3) is 0 Å². The first kappa shape index (κ1) is 40.0. The number of ether oxygens (including phenoxy) is 3. The number of piperidine rings is 1. The maximum Gasteiger partial charge on any atom is 0.328 e. The topological polar surface area (TPSA) is 169 Å². The van der Waals surface area contributed by atoms with Gasteiger partial charge in [0.2, 0.25) is 11.7 Å². The van der Waals surface area contributed by atoms with Crippen LogP contribution in [-0.2, 0) is 25.2 Å². The predicted molar refractivity (Wildman–Crippen MR) is 197 cm³/mol. The van der Waals surface area contributed by atoms with Gasteiger partial charge in [-0.25, -0.2) is 9.59 Å². The number of hydrogen-bond acceptors (Lipinski definition) is 8. The van der Waals surface area contributed by atoms with Crippen molar-refractivity contribution < 1.29 is 43.6 Å². The molecule has 1 atom stereocenters. The molecule has 52 heavy (non-hydrogen) atoms. The molecule has 3 aromatic rings. The Morgan fingerprint density at radius 3 is 1.88 bits per heavy atom. The number of benzene rings is 3. The number of halogens is 2. The summed E-state index contributed by atoms with van der Waals surface area (Å²) in [6, 6.07) is 19.0. The number of amides is 2. The minimum Gasteiger partial charge on any atom is -0.493 e. The molecule has 5 rings (SSSR count). The Labute approximate surface area is 312 Å². The summed E-state index contributed by atoms with van der Waals surface area (Å²) >= 11 is 12.8. The second-order valence-corrected chi connectivity index (χ2v) is 13.5. The van der Waals surface area contributed by atoms with E-state index in [1.807, 2.05) is 53.4 Å². The lowest BCUT2D eigenvalue weighted by Gasteiger charge is -2.41. The predicted octanol–water partition coefficient (Wildman–Crippen LogP) is 5.42. The summed E-state index contributed by atoms with van der Waals surface area (Å²) in [6.45, 7) is 3.40. The van der Waals surface area contributed by atoms with Gasteiger partial charge in [0.05, 0.1) is 36.8 Å². The van der Waals surface area contributed by atoms with Crippen molar-refractivity contribution in [2.75, 3.05) is 54.1 Å². The standard InChI is InChI=1S/C34H39Cl2N3O5.C4H4O4/c1-42-28-19-23(20-29(43-2)30(28)44-3)31(40)39-18-12-33(22-39,25-9-10-26(35)27(36)21-25)11-15-38-16-13-34(14-17-38,32(37)41)24-7-5-4-6-8-24;5-3(6)1-2-4(7)8/h4-10,19-21H,11-18,22H2,1-3H3,(H2,37,41);1-2H,(H,5,6)(H,7,8). The zero-order valence-electron chi connectivity index (χ0n) is 29.3. The molecule has 12 nitrogen and oxygen atoms in total. The molecular weight excluding hydrogens is 713 g/mol. The number of aliphatic carboxylic acids is 2. The maximum atomic E-state index is 13.9. The Balaban J connectivity index is 0.000000677. The van der Waals surface area contributed by atoms with Gasteiger partial charge in [-0.3, -0.25) is 9.59 Å². The molecular formula is C38H43Cl2N3O9. The third-order valence-electron chi connectivity index (χ3n) is 9.87.